The molecular weight excluding hydrogens is 484 g/mol. The van der Waals surface area contributed by atoms with Crippen molar-refractivity contribution in [2.24, 2.45) is 0 Å². The first-order valence-corrected chi connectivity index (χ1v) is 14.0. The van der Waals surface area contributed by atoms with E-state index in [2.05, 4.69) is 49.9 Å². The van der Waals surface area contributed by atoms with E-state index >= 15 is 0 Å². The fraction of sp³-hybridized carbons (Fsp3) is 0.286. The molecule has 0 amide bonds. The van der Waals surface area contributed by atoms with Gasteiger partial charge in [-0.3, -0.25) is 4.90 Å². The molecule has 1 aliphatic rings. The fourth-order valence-electron chi connectivity index (χ4n) is 4.68. The summed E-state index contributed by atoms with van der Waals surface area (Å²) >= 11 is 0. The van der Waals surface area contributed by atoms with Crippen LogP contribution in [0.4, 0.5) is 11.6 Å². The maximum atomic E-state index is 12.1. The molecule has 0 spiro atoms. The Balaban J connectivity index is 1.36. The second-order valence-corrected chi connectivity index (χ2v) is 11.1. The van der Waals surface area contributed by atoms with Gasteiger partial charge in [0.15, 0.2) is 0 Å². The lowest BCUT2D eigenvalue weighted by atomic mass is 10.0. The van der Waals surface area contributed by atoms with Crippen molar-refractivity contribution >= 4 is 32.6 Å². The predicted molar refractivity (Wildman–Crippen MR) is 148 cm³/mol. The van der Waals surface area contributed by atoms with Gasteiger partial charge in [0.25, 0.3) is 0 Å². The molecule has 9 heteroatoms. The average molecular weight is 517 g/mol. The number of hydrogen-bond acceptors (Lipinski definition) is 7. The molecule has 192 valence electrons. The third kappa shape index (κ3) is 5.80. The molecule has 8 nitrogen and oxygen atoms in total. The summed E-state index contributed by atoms with van der Waals surface area (Å²) in [4.78, 5) is 14.6. The van der Waals surface area contributed by atoms with Crippen LogP contribution in [0, 0.1) is 0 Å². The summed E-state index contributed by atoms with van der Waals surface area (Å²) < 4.78 is 26.5. The number of anilines is 2. The Hall–Kier alpha value is -3.37. The van der Waals surface area contributed by atoms with Gasteiger partial charge in [-0.05, 0) is 49.0 Å². The van der Waals surface area contributed by atoms with E-state index in [-0.39, 0.29) is 4.90 Å². The molecule has 0 atom stereocenters. The average Bonchev–Trinajstić information content (AvgIpc) is 2.93. The SMILES string of the molecule is CCN1CCN(Cc2cccc(Nc3ncc4cccc(-c5ccc(S(=O)(=O)NC)cc5)c4n3)c2)CC1. The number of aromatic nitrogens is 2. The number of para-hydroxylation sites is 1. The van der Waals surface area contributed by atoms with Gasteiger partial charge in [0.05, 0.1) is 10.4 Å². The Morgan fingerprint density at radius 1 is 0.919 bits per heavy atom. The predicted octanol–water partition coefficient (Wildman–Crippen LogP) is 4.09. The van der Waals surface area contributed by atoms with Crippen LogP contribution in [-0.4, -0.2) is 68.0 Å². The number of sulfonamides is 1. The third-order valence-electron chi connectivity index (χ3n) is 6.86. The normalized spacial score (nSPS) is 15.2. The van der Waals surface area contributed by atoms with Crippen LogP contribution in [0.5, 0.6) is 0 Å². The van der Waals surface area contributed by atoms with Gasteiger partial charge >= 0.3 is 0 Å². The number of likely N-dealkylation sites (N-methyl/N-ethyl adjacent to an activating group) is 1. The molecule has 4 aromatic rings. The standard InChI is InChI=1S/C28H32N6O2S/c1-3-33-14-16-34(17-15-33)20-21-6-4-8-24(18-21)31-28-30-19-23-7-5-9-26(27(23)32-28)22-10-12-25(13-11-22)37(35,36)29-2/h4-13,18-19,29H,3,14-17,20H2,1-2H3,(H,30,31,32). The van der Waals surface area contributed by atoms with Crippen molar-refractivity contribution < 1.29 is 8.42 Å². The molecule has 2 heterocycles. The van der Waals surface area contributed by atoms with Crippen molar-refractivity contribution in [2.75, 3.05) is 45.1 Å². The number of nitrogens with zero attached hydrogens (tertiary/aromatic N) is 4. The van der Waals surface area contributed by atoms with Gasteiger partial charge in [0, 0.05) is 55.6 Å². The Kier molecular flexibility index (Phi) is 7.48. The molecule has 1 aliphatic heterocycles. The number of rotatable bonds is 8. The highest BCUT2D eigenvalue weighted by Gasteiger charge is 2.16. The van der Waals surface area contributed by atoms with E-state index < -0.39 is 10.0 Å². The molecule has 37 heavy (non-hydrogen) atoms. The highest BCUT2D eigenvalue weighted by atomic mass is 32.2. The summed E-state index contributed by atoms with van der Waals surface area (Å²) in [6.07, 6.45) is 1.81. The van der Waals surface area contributed by atoms with Gasteiger partial charge in [0.2, 0.25) is 16.0 Å². The lowest BCUT2D eigenvalue weighted by Gasteiger charge is -2.34. The van der Waals surface area contributed by atoms with Crippen LogP contribution < -0.4 is 10.0 Å². The first-order chi connectivity index (χ1) is 17.9. The Morgan fingerprint density at radius 3 is 2.38 bits per heavy atom. The second kappa shape index (κ2) is 10.9. The van der Waals surface area contributed by atoms with Crippen LogP contribution in [0.25, 0.3) is 22.0 Å². The minimum absolute atomic E-state index is 0.225. The largest absolute Gasteiger partial charge is 0.324 e. The Morgan fingerprint density at radius 2 is 1.65 bits per heavy atom. The minimum Gasteiger partial charge on any atom is -0.324 e. The van der Waals surface area contributed by atoms with Crippen molar-refractivity contribution in [3.63, 3.8) is 0 Å². The molecular formula is C28H32N6O2S. The minimum atomic E-state index is -3.49. The summed E-state index contributed by atoms with van der Waals surface area (Å²) in [6, 6.07) is 21.1. The zero-order chi connectivity index (χ0) is 25.8. The first-order valence-electron chi connectivity index (χ1n) is 12.6. The van der Waals surface area contributed by atoms with Gasteiger partial charge in [-0.2, -0.15) is 0 Å². The van der Waals surface area contributed by atoms with E-state index in [1.807, 2.05) is 30.5 Å². The maximum absolute atomic E-state index is 12.1. The fourth-order valence-corrected chi connectivity index (χ4v) is 5.41. The molecule has 2 N–H and O–H groups in total. The quantitative estimate of drug-likeness (QED) is 0.365. The van der Waals surface area contributed by atoms with E-state index in [9.17, 15) is 8.42 Å². The van der Waals surface area contributed by atoms with E-state index in [0.29, 0.717) is 5.95 Å². The van der Waals surface area contributed by atoms with E-state index in [0.717, 1.165) is 67.0 Å². The molecule has 5 rings (SSSR count). The highest BCUT2D eigenvalue weighted by Crippen LogP contribution is 2.29. The van der Waals surface area contributed by atoms with Gasteiger partial charge in [-0.1, -0.05) is 49.4 Å². The highest BCUT2D eigenvalue weighted by molar-refractivity contribution is 7.89. The Labute approximate surface area is 218 Å². The number of piperazine rings is 1. The molecule has 0 bridgehead atoms. The monoisotopic (exact) mass is 516 g/mol. The topological polar surface area (TPSA) is 90.5 Å². The van der Waals surface area contributed by atoms with Crippen molar-refractivity contribution in [1.29, 1.82) is 0 Å². The molecule has 1 saturated heterocycles. The van der Waals surface area contributed by atoms with E-state index in [1.54, 1.807) is 24.3 Å². The van der Waals surface area contributed by atoms with Crippen LogP contribution in [0.3, 0.4) is 0 Å². The van der Waals surface area contributed by atoms with Crippen LogP contribution >= 0.6 is 0 Å². The summed E-state index contributed by atoms with van der Waals surface area (Å²) in [6.45, 7) is 8.68. The second-order valence-electron chi connectivity index (χ2n) is 9.20. The Bertz CT molecular complexity index is 1480. The van der Waals surface area contributed by atoms with Gasteiger partial charge < -0.3 is 10.2 Å². The summed E-state index contributed by atoms with van der Waals surface area (Å²) in [5.41, 5.74) is 4.80. The molecule has 3 aromatic carbocycles. The lowest BCUT2D eigenvalue weighted by Crippen LogP contribution is -2.45. The zero-order valence-electron chi connectivity index (χ0n) is 21.2. The van der Waals surface area contributed by atoms with E-state index in [1.165, 1.54) is 12.6 Å². The summed E-state index contributed by atoms with van der Waals surface area (Å²) in [5, 5.41) is 4.28. The van der Waals surface area contributed by atoms with Crippen LogP contribution in [-0.2, 0) is 16.6 Å². The number of fused-ring (bicyclic) bond motifs is 1. The van der Waals surface area contributed by atoms with Crippen LogP contribution in [0.15, 0.2) is 77.8 Å². The van der Waals surface area contributed by atoms with Crippen LogP contribution in [0.1, 0.15) is 12.5 Å². The number of benzene rings is 3. The zero-order valence-corrected chi connectivity index (χ0v) is 22.0. The number of nitrogens with one attached hydrogen (secondary N) is 2. The third-order valence-corrected chi connectivity index (χ3v) is 8.29. The molecule has 0 aliphatic carbocycles. The first kappa shape index (κ1) is 25.3. The van der Waals surface area contributed by atoms with Crippen molar-refractivity contribution in [1.82, 2.24) is 24.5 Å². The van der Waals surface area contributed by atoms with Crippen molar-refractivity contribution in [3.8, 4) is 11.1 Å². The van der Waals surface area contributed by atoms with Gasteiger partial charge in [-0.15, -0.1) is 0 Å². The molecule has 0 radical (unpaired) electrons. The van der Waals surface area contributed by atoms with Crippen LogP contribution in [0.2, 0.25) is 0 Å². The number of hydrogen-bond donors (Lipinski definition) is 2. The van der Waals surface area contributed by atoms with E-state index in [4.69, 9.17) is 4.98 Å². The van der Waals surface area contributed by atoms with Gasteiger partial charge in [-0.25, -0.2) is 23.1 Å². The van der Waals surface area contributed by atoms with Gasteiger partial charge in [0.1, 0.15) is 0 Å². The maximum Gasteiger partial charge on any atom is 0.240 e. The summed E-state index contributed by atoms with van der Waals surface area (Å²) in [7, 11) is -2.08. The van der Waals surface area contributed by atoms with Crippen molar-refractivity contribution in [3.05, 3.63) is 78.5 Å². The van der Waals surface area contributed by atoms with Crippen molar-refractivity contribution in [2.45, 2.75) is 18.4 Å². The smallest absolute Gasteiger partial charge is 0.240 e. The molecule has 1 aromatic heterocycles. The molecule has 0 unspecified atom stereocenters. The lowest BCUT2D eigenvalue weighted by molar-refractivity contribution is 0.132. The molecule has 1 fully saturated rings. The summed E-state index contributed by atoms with van der Waals surface area (Å²) in [5.74, 6) is 0.517. The molecule has 0 saturated carbocycles.